The summed E-state index contributed by atoms with van der Waals surface area (Å²) >= 11 is 7.41. The average Bonchev–Trinajstić information content (AvgIpc) is 2.83. The van der Waals surface area contributed by atoms with Crippen molar-refractivity contribution < 1.29 is 5.11 Å². The van der Waals surface area contributed by atoms with Crippen LogP contribution in [0.2, 0.25) is 4.34 Å². The Bertz CT molecular complexity index is 705. The second-order valence-electron chi connectivity index (χ2n) is 4.35. The SMILES string of the molecule is OC(Cc1ccc(Cl)s1)c1cccc2cccnc12. The van der Waals surface area contributed by atoms with Gasteiger partial charge in [-0.3, -0.25) is 4.98 Å². The lowest BCUT2D eigenvalue weighted by molar-refractivity contribution is 0.181. The monoisotopic (exact) mass is 289 g/mol. The fraction of sp³-hybridized carbons (Fsp3) is 0.133. The van der Waals surface area contributed by atoms with E-state index in [0.29, 0.717) is 6.42 Å². The molecule has 1 N–H and O–H groups in total. The number of aliphatic hydroxyl groups is 1. The number of halogens is 1. The van der Waals surface area contributed by atoms with Gasteiger partial charge < -0.3 is 5.11 Å². The Labute approximate surface area is 120 Å². The number of fused-ring (bicyclic) bond motifs is 1. The molecule has 1 unspecified atom stereocenters. The first kappa shape index (κ1) is 12.6. The van der Waals surface area contributed by atoms with Crippen LogP contribution in [0.5, 0.6) is 0 Å². The van der Waals surface area contributed by atoms with Gasteiger partial charge in [0, 0.05) is 28.4 Å². The number of aromatic nitrogens is 1. The first-order valence-corrected chi connectivity index (χ1v) is 7.19. The third kappa shape index (κ3) is 2.63. The van der Waals surface area contributed by atoms with E-state index in [4.69, 9.17) is 11.6 Å². The zero-order chi connectivity index (χ0) is 13.2. The molecule has 3 rings (SSSR count). The number of thiophene rings is 1. The van der Waals surface area contributed by atoms with Crippen LogP contribution in [0.3, 0.4) is 0 Å². The molecule has 1 aromatic carbocycles. The van der Waals surface area contributed by atoms with Crippen LogP contribution in [0.15, 0.2) is 48.7 Å². The van der Waals surface area contributed by atoms with E-state index < -0.39 is 6.10 Å². The number of hydrogen-bond acceptors (Lipinski definition) is 3. The summed E-state index contributed by atoms with van der Waals surface area (Å²) in [6.07, 6.45) is 1.75. The third-order valence-electron chi connectivity index (χ3n) is 3.05. The number of aliphatic hydroxyl groups excluding tert-OH is 1. The van der Waals surface area contributed by atoms with Gasteiger partial charge in [0.2, 0.25) is 0 Å². The molecule has 19 heavy (non-hydrogen) atoms. The molecule has 0 radical (unpaired) electrons. The molecule has 1 atom stereocenters. The summed E-state index contributed by atoms with van der Waals surface area (Å²) in [5, 5.41) is 11.4. The second-order valence-corrected chi connectivity index (χ2v) is 6.15. The minimum absolute atomic E-state index is 0.562. The maximum Gasteiger partial charge on any atom is 0.0931 e. The zero-order valence-corrected chi connectivity index (χ0v) is 11.7. The van der Waals surface area contributed by atoms with Gasteiger partial charge in [-0.25, -0.2) is 0 Å². The van der Waals surface area contributed by atoms with Gasteiger partial charge in [0.05, 0.1) is 16.0 Å². The van der Waals surface area contributed by atoms with E-state index in [1.165, 1.54) is 11.3 Å². The van der Waals surface area contributed by atoms with E-state index >= 15 is 0 Å². The van der Waals surface area contributed by atoms with Crippen molar-refractivity contribution in [1.29, 1.82) is 0 Å². The maximum absolute atomic E-state index is 10.4. The lowest BCUT2D eigenvalue weighted by atomic mass is 10.0. The predicted molar refractivity (Wildman–Crippen MR) is 79.7 cm³/mol. The molecule has 0 aliphatic heterocycles. The average molecular weight is 290 g/mol. The Hall–Kier alpha value is -1.42. The summed E-state index contributed by atoms with van der Waals surface area (Å²) in [6, 6.07) is 13.6. The number of pyridine rings is 1. The second kappa shape index (κ2) is 5.29. The highest BCUT2D eigenvalue weighted by molar-refractivity contribution is 7.16. The van der Waals surface area contributed by atoms with Crippen molar-refractivity contribution in [2.24, 2.45) is 0 Å². The Kier molecular flexibility index (Phi) is 3.51. The van der Waals surface area contributed by atoms with E-state index in [2.05, 4.69) is 4.98 Å². The number of nitrogens with zero attached hydrogens (tertiary/aromatic N) is 1. The van der Waals surface area contributed by atoms with Gasteiger partial charge in [-0.05, 0) is 18.2 Å². The smallest absolute Gasteiger partial charge is 0.0931 e. The van der Waals surface area contributed by atoms with E-state index in [0.717, 1.165) is 25.7 Å². The van der Waals surface area contributed by atoms with Crippen molar-refractivity contribution in [3.8, 4) is 0 Å². The molecule has 0 bridgehead atoms. The molecule has 0 aliphatic rings. The van der Waals surface area contributed by atoms with Crippen LogP contribution in [0.25, 0.3) is 10.9 Å². The van der Waals surface area contributed by atoms with Gasteiger partial charge in [0.15, 0.2) is 0 Å². The van der Waals surface area contributed by atoms with Crippen LogP contribution in [0.4, 0.5) is 0 Å². The Morgan fingerprint density at radius 1 is 1.16 bits per heavy atom. The standard InChI is InChI=1S/C15H12ClNOS/c16-14-7-6-11(19-14)9-13(18)12-5-1-3-10-4-2-8-17-15(10)12/h1-8,13,18H,9H2. The maximum atomic E-state index is 10.4. The molecule has 2 aromatic heterocycles. The van der Waals surface area contributed by atoms with Crippen molar-refractivity contribution in [3.05, 3.63) is 63.4 Å². The Morgan fingerprint density at radius 2 is 2.00 bits per heavy atom. The van der Waals surface area contributed by atoms with E-state index in [1.807, 2.05) is 42.5 Å². The van der Waals surface area contributed by atoms with E-state index in [9.17, 15) is 5.11 Å². The minimum Gasteiger partial charge on any atom is -0.388 e. The number of hydrogen-bond donors (Lipinski definition) is 1. The molecule has 2 heterocycles. The lowest BCUT2D eigenvalue weighted by Crippen LogP contribution is -2.02. The van der Waals surface area contributed by atoms with E-state index in [1.54, 1.807) is 6.20 Å². The van der Waals surface area contributed by atoms with Gasteiger partial charge >= 0.3 is 0 Å². The van der Waals surface area contributed by atoms with Crippen LogP contribution in [-0.4, -0.2) is 10.1 Å². The molecule has 0 spiro atoms. The molecule has 4 heteroatoms. The molecule has 0 fully saturated rings. The quantitative estimate of drug-likeness (QED) is 0.783. The van der Waals surface area contributed by atoms with Gasteiger partial charge in [-0.2, -0.15) is 0 Å². The fourth-order valence-electron chi connectivity index (χ4n) is 2.16. The zero-order valence-electron chi connectivity index (χ0n) is 10.1. The molecule has 0 amide bonds. The molecule has 0 saturated carbocycles. The minimum atomic E-state index is -0.562. The summed E-state index contributed by atoms with van der Waals surface area (Å²) in [6.45, 7) is 0. The molecule has 96 valence electrons. The van der Waals surface area contributed by atoms with Crippen LogP contribution in [0.1, 0.15) is 16.5 Å². The Morgan fingerprint density at radius 3 is 2.79 bits per heavy atom. The van der Waals surface area contributed by atoms with Crippen LogP contribution in [-0.2, 0) is 6.42 Å². The predicted octanol–water partition coefficient (Wildman–Crippen LogP) is 4.23. The molecule has 3 aromatic rings. The van der Waals surface area contributed by atoms with Gasteiger partial charge in [0.25, 0.3) is 0 Å². The third-order valence-corrected chi connectivity index (χ3v) is 4.30. The summed E-state index contributed by atoms with van der Waals surface area (Å²) in [5.74, 6) is 0. The first-order valence-electron chi connectivity index (χ1n) is 6.00. The van der Waals surface area contributed by atoms with Crippen LogP contribution in [0, 0.1) is 0 Å². The summed E-state index contributed by atoms with van der Waals surface area (Å²) in [5.41, 5.74) is 1.72. The van der Waals surface area contributed by atoms with Gasteiger partial charge in [-0.15, -0.1) is 11.3 Å². The highest BCUT2D eigenvalue weighted by Crippen LogP contribution is 2.29. The number of rotatable bonds is 3. The van der Waals surface area contributed by atoms with Crippen molar-refractivity contribution in [3.63, 3.8) is 0 Å². The summed E-state index contributed by atoms with van der Waals surface area (Å²) in [7, 11) is 0. The lowest BCUT2D eigenvalue weighted by Gasteiger charge is -2.12. The highest BCUT2D eigenvalue weighted by Gasteiger charge is 2.13. The van der Waals surface area contributed by atoms with E-state index in [-0.39, 0.29) is 0 Å². The molecular weight excluding hydrogens is 278 g/mol. The molecule has 0 saturated heterocycles. The van der Waals surface area contributed by atoms with Crippen molar-refractivity contribution >= 4 is 33.8 Å². The van der Waals surface area contributed by atoms with Gasteiger partial charge in [-0.1, -0.05) is 35.9 Å². The van der Waals surface area contributed by atoms with Crippen molar-refractivity contribution in [2.45, 2.75) is 12.5 Å². The summed E-state index contributed by atoms with van der Waals surface area (Å²) < 4.78 is 0.748. The number of benzene rings is 1. The van der Waals surface area contributed by atoms with Crippen LogP contribution >= 0.6 is 22.9 Å². The topological polar surface area (TPSA) is 33.1 Å². The normalized spacial score (nSPS) is 12.7. The number of para-hydroxylation sites is 1. The Balaban J connectivity index is 1.95. The molecular formula is C15H12ClNOS. The van der Waals surface area contributed by atoms with Crippen molar-refractivity contribution in [2.75, 3.05) is 0 Å². The van der Waals surface area contributed by atoms with Crippen LogP contribution < -0.4 is 0 Å². The molecule has 2 nitrogen and oxygen atoms in total. The highest BCUT2D eigenvalue weighted by atomic mass is 35.5. The molecule has 0 aliphatic carbocycles. The largest absolute Gasteiger partial charge is 0.388 e. The fourth-order valence-corrected chi connectivity index (χ4v) is 3.28. The van der Waals surface area contributed by atoms with Gasteiger partial charge in [0.1, 0.15) is 0 Å². The first-order chi connectivity index (χ1) is 9.24. The summed E-state index contributed by atoms with van der Waals surface area (Å²) in [4.78, 5) is 5.44. The van der Waals surface area contributed by atoms with Crippen molar-refractivity contribution in [1.82, 2.24) is 4.98 Å².